The predicted molar refractivity (Wildman–Crippen MR) is 65.3 cm³/mol. The maximum absolute atomic E-state index is 10.3. The van der Waals surface area contributed by atoms with Crippen molar-refractivity contribution in [1.29, 1.82) is 0 Å². The van der Waals surface area contributed by atoms with Crippen molar-refractivity contribution in [1.82, 2.24) is 4.90 Å². The van der Waals surface area contributed by atoms with E-state index in [0.717, 1.165) is 25.0 Å². The number of β-amino-alcohol motifs (C(OH)–C–C–N with tert-alkyl or cyclic N) is 1. The second-order valence-electron chi connectivity index (χ2n) is 6.38. The van der Waals surface area contributed by atoms with Crippen molar-refractivity contribution in [2.75, 3.05) is 13.1 Å². The first kappa shape index (κ1) is 11.0. The second-order valence-corrected chi connectivity index (χ2v) is 6.38. The molecule has 0 spiro atoms. The number of nitrogens with zero attached hydrogens (tertiary/aromatic N) is 1. The van der Waals surface area contributed by atoms with Gasteiger partial charge in [-0.3, -0.25) is 4.90 Å². The Kier molecular flexibility index (Phi) is 2.75. The lowest BCUT2D eigenvalue weighted by atomic mass is 9.79. The zero-order valence-electron chi connectivity index (χ0n) is 10.5. The van der Waals surface area contributed by atoms with Crippen molar-refractivity contribution in [3.63, 3.8) is 0 Å². The van der Waals surface area contributed by atoms with Crippen LogP contribution in [0.3, 0.4) is 0 Å². The Bertz CT molecular complexity index is 255. The molecule has 1 aliphatic heterocycles. The van der Waals surface area contributed by atoms with Crippen LogP contribution in [-0.2, 0) is 0 Å². The van der Waals surface area contributed by atoms with Crippen molar-refractivity contribution >= 4 is 0 Å². The lowest BCUT2D eigenvalue weighted by molar-refractivity contribution is -0.135. The van der Waals surface area contributed by atoms with Gasteiger partial charge in [0.25, 0.3) is 0 Å². The molecule has 2 atom stereocenters. The van der Waals surface area contributed by atoms with Crippen molar-refractivity contribution in [3.05, 3.63) is 0 Å². The van der Waals surface area contributed by atoms with Crippen LogP contribution in [0.15, 0.2) is 0 Å². The fraction of sp³-hybridized carbons (Fsp3) is 1.00. The summed E-state index contributed by atoms with van der Waals surface area (Å²) in [6.07, 6.45) is 9.49. The highest BCUT2D eigenvalue weighted by atomic mass is 16.3. The average molecular weight is 223 g/mol. The van der Waals surface area contributed by atoms with E-state index in [2.05, 4.69) is 11.8 Å². The summed E-state index contributed by atoms with van der Waals surface area (Å²) < 4.78 is 0. The lowest BCUT2D eigenvalue weighted by Gasteiger charge is -2.52. The molecule has 2 saturated carbocycles. The summed E-state index contributed by atoms with van der Waals surface area (Å²) in [4.78, 5) is 2.56. The Morgan fingerprint density at radius 2 is 1.94 bits per heavy atom. The fourth-order valence-electron chi connectivity index (χ4n) is 3.76. The molecule has 16 heavy (non-hydrogen) atoms. The molecule has 0 bridgehead atoms. The van der Waals surface area contributed by atoms with Crippen LogP contribution in [0, 0.1) is 11.8 Å². The third-order valence-electron chi connectivity index (χ3n) is 5.14. The van der Waals surface area contributed by atoms with Gasteiger partial charge in [0, 0.05) is 19.1 Å². The van der Waals surface area contributed by atoms with Crippen LogP contribution in [0.5, 0.6) is 0 Å². The molecule has 2 unspecified atom stereocenters. The molecule has 0 aromatic carbocycles. The molecule has 2 aliphatic carbocycles. The molecule has 0 aromatic heterocycles. The fourth-order valence-corrected chi connectivity index (χ4v) is 3.76. The molecule has 1 N–H and O–H groups in total. The van der Waals surface area contributed by atoms with Gasteiger partial charge in [-0.25, -0.2) is 0 Å². The van der Waals surface area contributed by atoms with Crippen LogP contribution in [0.4, 0.5) is 0 Å². The van der Waals surface area contributed by atoms with Crippen LogP contribution >= 0.6 is 0 Å². The molecule has 0 aromatic rings. The van der Waals surface area contributed by atoms with Crippen LogP contribution in [0.1, 0.15) is 51.9 Å². The van der Waals surface area contributed by atoms with Gasteiger partial charge in [-0.15, -0.1) is 0 Å². The summed E-state index contributed by atoms with van der Waals surface area (Å²) >= 11 is 0. The minimum absolute atomic E-state index is 0.279. The van der Waals surface area contributed by atoms with Gasteiger partial charge < -0.3 is 5.11 Å². The van der Waals surface area contributed by atoms with Gasteiger partial charge >= 0.3 is 0 Å². The molecule has 3 rings (SSSR count). The third-order valence-corrected chi connectivity index (χ3v) is 5.14. The number of rotatable bonds is 3. The highest BCUT2D eigenvalue weighted by molar-refractivity contribution is 5.07. The first-order valence-electron chi connectivity index (χ1n) is 7.17. The number of hydrogen-bond acceptors (Lipinski definition) is 2. The Hall–Kier alpha value is -0.0800. The van der Waals surface area contributed by atoms with E-state index in [1.165, 1.54) is 44.9 Å². The zero-order chi connectivity index (χ0) is 11.2. The summed E-state index contributed by atoms with van der Waals surface area (Å²) in [5, 5.41) is 10.3. The Morgan fingerprint density at radius 3 is 2.56 bits per heavy atom. The smallest absolute Gasteiger partial charge is 0.0928 e. The van der Waals surface area contributed by atoms with Crippen LogP contribution in [-0.4, -0.2) is 34.7 Å². The largest absolute Gasteiger partial charge is 0.387 e. The van der Waals surface area contributed by atoms with Gasteiger partial charge in [-0.1, -0.05) is 26.2 Å². The molecule has 2 nitrogen and oxygen atoms in total. The standard InChI is InChI=1S/C14H25NO/c1-2-11-4-3-5-13(8-11)15-9-14(16,10-15)12-6-7-12/h11-13,16H,2-10H2,1H3. The van der Waals surface area contributed by atoms with E-state index in [0.29, 0.717) is 5.92 Å². The van der Waals surface area contributed by atoms with Gasteiger partial charge in [0.05, 0.1) is 5.60 Å². The Morgan fingerprint density at radius 1 is 1.19 bits per heavy atom. The number of hydrogen-bond donors (Lipinski definition) is 1. The minimum atomic E-state index is -0.279. The molecule has 0 radical (unpaired) electrons. The third kappa shape index (κ3) is 1.91. The van der Waals surface area contributed by atoms with Crippen LogP contribution in [0.2, 0.25) is 0 Å². The van der Waals surface area contributed by atoms with E-state index >= 15 is 0 Å². The summed E-state index contributed by atoms with van der Waals surface area (Å²) in [5.74, 6) is 1.60. The van der Waals surface area contributed by atoms with E-state index in [9.17, 15) is 5.11 Å². The summed E-state index contributed by atoms with van der Waals surface area (Å²) in [6.45, 7) is 4.27. The van der Waals surface area contributed by atoms with Crippen molar-refractivity contribution in [3.8, 4) is 0 Å². The predicted octanol–water partition coefficient (Wildman–Crippen LogP) is 2.41. The minimum Gasteiger partial charge on any atom is -0.387 e. The lowest BCUT2D eigenvalue weighted by Crippen LogP contribution is -2.66. The van der Waals surface area contributed by atoms with Crippen LogP contribution < -0.4 is 0 Å². The van der Waals surface area contributed by atoms with Gasteiger partial charge in [-0.2, -0.15) is 0 Å². The molecule has 92 valence electrons. The molecular weight excluding hydrogens is 198 g/mol. The molecule has 0 amide bonds. The maximum atomic E-state index is 10.3. The van der Waals surface area contributed by atoms with E-state index in [4.69, 9.17) is 0 Å². The summed E-state index contributed by atoms with van der Waals surface area (Å²) in [5.41, 5.74) is -0.279. The van der Waals surface area contributed by atoms with Crippen LogP contribution in [0.25, 0.3) is 0 Å². The summed E-state index contributed by atoms with van der Waals surface area (Å²) in [7, 11) is 0. The molecular formula is C14H25NO. The topological polar surface area (TPSA) is 23.5 Å². The first-order chi connectivity index (χ1) is 7.71. The van der Waals surface area contributed by atoms with Gasteiger partial charge in [0.2, 0.25) is 0 Å². The van der Waals surface area contributed by atoms with E-state index < -0.39 is 0 Å². The Labute approximate surface area is 99.0 Å². The van der Waals surface area contributed by atoms with Gasteiger partial charge in [0.15, 0.2) is 0 Å². The van der Waals surface area contributed by atoms with Crippen molar-refractivity contribution in [2.45, 2.75) is 63.5 Å². The van der Waals surface area contributed by atoms with Gasteiger partial charge in [-0.05, 0) is 37.5 Å². The molecule has 3 fully saturated rings. The molecule has 1 saturated heterocycles. The highest BCUT2D eigenvalue weighted by Crippen LogP contribution is 2.46. The number of aliphatic hydroxyl groups is 1. The first-order valence-corrected chi connectivity index (χ1v) is 7.17. The van der Waals surface area contributed by atoms with Crippen molar-refractivity contribution in [2.24, 2.45) is 11.8 Å². The average Bonchev–Trinajstić information content (AvgIpc) is 3.09. The second kappa shape index (κ2) is 3.99. The Balaban J connectivity index is 1.51. The molecule has 2 heteroatoms. The molecule has 3 aliphatic rings. The normalized spacial score (nSPS) is 39.4. The summed E-state index contributed by atoms with van der Waals surface area (Å²) in [6, 6.07) is 0.790. The monoisotopic (exact) mass is 223 g/mol. The SMILES string of the molecule is CCC1CCCC(N2CC(O)(C3CC3)C2)C1. The van der Waals surface area contributed by atoms with Crippen molar-refractivity contribution < 1.29 is 5.11 Å². The zero-order valence-corrected chi connectivity index (χ0v) is 10.5. The molecule has 1 heterocycles. The van der Waals surface area contributed by atoms with E-state index in [-0.39, 0.29) is 5.60 Å². The van der Waals surface area contributed by atoms with Gasteiger partial charge in [0.1, 0.15) is 0 Å². The maximum Gasteiger partial charge on any atom is 0.0928 e. The van der Waals surface area contributed by atoms with E-state index in [1.54, 1.807) is 0 Å². The number of likely N-dealkylation sites (tertiary alicyclic amines) is 1. The van der Waals surface area contributed by atoms with E-state index in [1.807, 2.05) is 0 Å². The highest BCUT2D eigenvalue weighted by Gasteiger charge is 2.53. The quantitative estimate of drug-likeness (QED) is 0.794.